The molecule has 2 aromatic heterocycles. The number of thiazole rings is 1. The zero-order valence-electron chi connectivity index (χ0n) is 9.80. The summed E-state index contributed by atoms with van der Waals surface area (Å²) in [7, 11) is 1.59. The van der Waals surface area contributed by atoms with Crippen molar-refractivity contribution < 1.29 is 9.84 Å². The second-order valence-corrected chi connectivity index (χ2v) is 4.77. The number of aliphatic hydroxyl groups excluding tert-OH is 1. The van der Waals surface area contributed by atoms with E-state index in [1.807, 2.05) is 22.2 Å². The molecule has 2 N–H and O–H groups in total. The summed E-state index contributed by atoms with van der Waals surface area (Å²) in [5.41, 5.74) is 1.03. The van der Waals surface area contributed by atoms with Gasteiger partial charge in [0.05, 0.1) is 18.4 Å². The first-order valence-electron chi connectivity index (χ1n) is 5.58. The molecule has 94 valence electrons. The fourth-order valence-corrected chi connectivity index (χ4v) is 2.34. The van der Waals surface area contributed by atoms with Crippen molar-refractivity contribution >= 4 is 16.3 Å². The Balaban J connectivity index is 1.70. The molecular formula is C11H17N3O2S. The van der Waals surface area contributed by atoms with Crippen molar-refractivity contribution in [3.8, 4) is 0 Å². The van der Waals surface area contributed by atoms with Gasteiger partial charge < -0.3 is 15.2 Å². The third-order valence-corrected chi connectivity index (χ3v) is 3.23. The van der Waals surface area contributed by atoms with Gasteiger partial charge in [0, 0.05) is 31.4 Å². The third-order valence-electron chi connectivity index (χ3n) is 2.46. The van der Waals surface area contributed by atoms with Crippen molar-refractivity contribution in [3.63, 3.8) is 0 Å². The fourth-order valence-electron chi connectivity index (χ4n) is 1.62. The van der Waals surface area contributed by atoms with Crippen LogP contribution >= 0.6 is 11.3 Å². The summed E-state index contributed by atoms with van der Waals surface area (Å²) >= 11 is 1.63. The van der Waals surface area contributed by atoms with Crippen molar-refractivity contribution in [1.29, 1.82) is 0 Å². The second kappa shape index (κ2) is 6.11. The predicted octanol–water partition coefficient (Wildman–Crippen LogP) is 0.883. The molecular weight excluding hydrogens is 238 g/mol. The number of rotatable bonds is 7. The average Bonchev–Trinajstić information content (AvgIpc) is 2.85. The van der Waals surface area contributed by atoms with Crippen molar-refractivity contribution in [2.24, 2.45) is 0 Å². The summed E-state index contributed by atoms with van der Waals surface area (Å²) in [6, 6.07) is 0. The summed E-state index contributed by atoms with van der Waals surface area (Å²) in [5.74, 6) is 0. The van der Waals surface area contributed by atoms with Crippen LogP contribution < -0.4 is 5.32 Å². The Bertz CT molecular complexity index is 426. The lowest BCUT2D eigenvalue weighted by Crippen LogP contribution is -2.23. The molecule has 0 aliphatic heterocycles. The van der Waals surface area contributed by atoms with Gasteiger partial charge in [-0.1, -0.05) is 0 Å². The van der Waals surface area contributed by atoms with E-state index in [-0.39, 0.29) is 0 Å². The van der Waals surface area contributed by atoms with Gasteiger partial charge in [0.1, 0.15) is 0 Å². The Morgan fingerprint density at radius 3 is 3.29 bits per heavy atom. The summed E-state index contributed by atoms with van der Waals surface area (Å²) in [6.07, 6.45) is 4.32. The minimum Gasteiger partial charge on any atom is -0.391 e. The number of nitrogens with zero attached hydrogens (tertiary/aromatic N) is 2. The van der Waals surface area contributed by atoms with E-state index in [4.69, 9.17) is 4.74 Å². The number of imidazole rings is 1. The summed E-state index contributed by atoms with van der Waals surface area (Å²) in [6.45, 7) is 1.88. The van der Waals surface area contributed by atoms with Crippen LogP contribution in [0.15, 0.2) is 17.8 Å². The highest BCUT2D eigenvalue weighted by molar-refractivity contribution is 7.15. The molecule has 1 unspecified atom stereocenters. The van der Waals surface area contributed by atoms with Crippen LogP contribution in [0.1, 0.15) is 12.1 Å². The Morgan fingerprint density at radius 1 is 1.65 bits per heavy atom. The van der Waals surface area contributed by atoms with Crippen LogP contribution in [-0.2, 0) is 11.3 Å². The molecule has 2 rings (SSSR count). The Hall–Kier alpha value is -0.950. The monoisotopic (exact) mass is 255 g/mol. The summed E-state index contributed by atoms with van der Waals surface area (Å²) < 4.78 is 6.87. The number of fused-ring (bicyclic) bond motifs is 1. The lowest BCUT2D eigenvalue weighted by atomic mass is 10.2. The molecule has 0 aromatic carbocycles. The van der Waals surface area contributed by atoms with Gasteiger partial charge in [-0.05, 0) is 13.0 Å². The van der Waals surface area contributed by atoms with Gasteiger partial charge in [0.2, 0.25) is 0 Å². The van der Waals surface area contributed by atoms with E-state index < -0.39 is 6.10 Å². The molecule has 0 aliphatic rings. The van der Waals surface area contributed by atoms with Crippen molar-refractivity contribution in [2.75, 3.05) is 20.3 Å². The summed E-state index contributed by atoms with van der Waals surface area (Å²) in [4.78, 5) is 5.47. The highest BCUT2D eigenvalue weighted by atomic mass is 32.1. The molecule has 0 radical (unpaired) electrons. The number of nitrogens with one attached hydrogen (secondary N) is 1. The largest absolute Gasteiger partial charge is 0.391 e. The first-order chi connectivity index (χ1) is 8.29. The van der Waals surface area contributed by atoms with Gasteiger partial charge in [-0.2, -0.15) is 0 Å². The summed E-state index contributed by atoms with van der Waals surface area (Å²) in [5, 5.41) is 14.7. The SMILES string of the molecule is COCC(O)CCNCc1cn2ccsc2n1. The highest BCUT2D eigenvalue weighted by Gasteiger charge is 2.04. The van der Waals surface area contributed by atoms with Crippen LogP contribution in [0.5, 0.6) is 0 Å². The molecule has 0 spiro atoms. The maximum absolute atomic E-state index is 9.44. The number of ether oxygens (including phenoxy) is 1. The number of hydrogen-bond acceptors (Lipinski definition) is 5. The normalized spacial score (nSPS) is 13.3. The Morgan fingerprint density at radius 2 is 2.53 bits per heavy atom. The minimum absolute atomic E-state index is 0.391. The van der Waals surface area contributed by atoms with E-state index >= 15 is 0 Å². The zero-order valence-corrected chi connectivity index (χ0v) is 10.6. The molecule has 1 atom stereocenters. The first kappa shape index (κ1) is 12.5. The molecule has 0 amide bonds. The highest BCUT2D eigenvalue weighted by Crippen LogP contribution is 2.10. The maximum atomic E-state index is 9.44. The number of methoxy groups -OCH3 is 1. The Kier molecular flexibility index (Phi) is 4.49. The minimum atomic E-state index is -0.391. The molecule has 6 heteroatoms. The molecule has 2 aromatic rings. The fraction of sp³-hybridized carbons (Fsp3) is 0.545. The van der Waals surface area contributed by atoms with Crippen molar-refractivity contribution in [2.45, 2.75) is 19.1 Å². The van der Waals surface area contributed by atoms with Crippen LogP contribution in [0.2, 0.25) is 0 Å². The number of aliphatic hydroxyl groups is 1. The second-order valence-electron chi connectivity index (χ2n) is 3.90. The van der Waals surface area contributed by atoms with E-state index in [0.717, 1.165) is 23.7 Å². The van der Waals surface area contributed by atoms with E-state index in [2.05, 4.69) is 10.3 Å². The third kappa shape index (κ3) is 3.50. The molecule has 0 bridgehead atoms. The molecule has 0 aliphatic carbocycles. The Labute approximate surface area is 104 Å². The van der Waals surface area contributed by atoms with E-state index in [1.54, 1.807) is 18.4 Å². The van der Waals surface area contributed by atoms with Crippen LogP contribution in [0.4, 0.5) is 0 Å². The number of hydrogen-bond donors (Lipinski definition) is 2. The van der Waals surface area contributed by atoms with E-state index in [9.17, 15) is 5.11 Å². The lowest BCUT2D eigenvalue weighted by molar-refractivity contribution is 0.0594. The van der Waals surface area contributed by atoms with Gasteiger partial charge in [-0.3, -0.25) is 4.40 Å². The van der Waals surface area contributed by atoms with Gasteiger partial charge >= 0.3 is 0 Å². The van der Waals surface area contributed by atoms with Crippen molar-refractivity contribution in [1.82, 2.24) is 14.7 Å². The lowest BCUT2D eigenvalue weighted by Gasteiger charge is -2.09. The molecule has 0 saturated heterocycles. The zero-order chi connectivity index (χ0) is 12.1. The number of aromatic nitrogens is 2. The molecule has 0 saturated carbocycles. The van der Waals surface area contributed by atoms with Crippen LogP contribution in [0, 0.1) is 0 Å². The van der Waals surface area contributed by atoms with Crippen molar-refractivity contribution in [3.05, 3.63) is 23.5 Å². The van der Waals surface area contributed by atoms with Crippen LogP contribution in [0.3, 0.4) is 0 Å². The predicted molar refractivity (Wildman–Crippen MR) is 67.3 cm³/mol. The molecule has 0 fully saturated rings. The van der Waals surface area contributed by atoms with Gasteiger partial charge in [0.25, 0.3) is 0 Å². The van der Waals surface area contributed by atoms with Gasteiger partial charge in [-0.25, -0.2) is 4.98 Å². The van der Waals surface area contributed by atoms with Gasteiger partial charge in [0.15, 0.2) is 4.96 Å². The average molecular weight is 255 g/mol. The van der Waals surface area contributed by atoms with Gasteiger partial charge in [-0.15, -0.1) is 11.3 Å². The molecule has 2 heterocycles. The maximum Gasteiger partial charge on any atom is 0.193 e. The van der Waals surface area contributed by atoms with E-state index in [1.165, 1.54) is 0 Å². The smallest absolute Gasteiger partial charge is 0.193 e. The topological polar surface area (TPSA) is 58.8 Å². The molecule has 5 nitrogen and oxygen atoms in total. The quantitative estimate of drug-likeness (QED) is 0.721. The van der Waals surface area contributed by atoms with Crippen LogP contribution in [-0.4, -0.2) is 40.9 Å². The molecule has 17 heavy (non-hydrogen) atoms. The standard InChI is InChI=1S/C11H17N3O2S/c1-16-8-10(15)2-3-12-6-9-7-14-4-5-17-11(14)13-9/h4-5,7,10,12,15H,2-3,6,8H2,1H3. The van der Waals surface area contributed by atoms with E-state index in [0.29, 0.717) is 13.0 Å². The first-order valence-corrected chi connectivity index (χ1v) is 6.46. The van der Waals surface area contributed by atoms with Crippen LogP contribution in [0.25, 0.3) is 4.96 Å².